The smallest absolute Gasteiger partial charge is 0.276 e. The molecule has 0 amide bonds. The quantitative estimate of drug-likeness (QED) is 0.474. The van der Waals surface area contributed by atoms with E-state index in [-0.39, 0.29) is 11.1 Å². The molecule has 1 heterocycles. The summed E-state index contributed by atoms with van der Waals surface area (Å²) in [5.41, 5.74) is 0.642. The predicted octanol–water partition coefficient (Wildman–Crippen LogP) is 3.56. The molecule has 2 rings (SSSR count). The normalized spacial score (nSPS) is 15.2. The SMILES string of the molecule is CC(C)CC(Cl)Cc1cc2c(cc1[N+](=O)[O-])OCCO2. The van der Waals surface area contributed by atoms with Crippen LogP contribution in [-0.4, -0.2) is 23.5 Å². The van der Waals surface area contributed by atoms with Crippen LogP contribution >= 0.6 is 11.6 Å². The highest BCUT2D eigenvalue weighted by Crippen LogP contribution is 2.37. The van der Waals surface area contributed by atoms with Gasteiger partial charge in [0, 0.05) is 10.9 Å². The minimum atomic E-state index is -0.396. The number of nitrogens with zero attached hydrogens (tertiary/aromatic N) is 1. The number of nitro groups is 1. The highest BCUT2D eigenvalue weighted by Gasteiger charge is 2.23. The molecule has 0 bridgehead atoms. The molecule has 1 aromatic carbocycles. The standard InChI is InChI=1S/C14H18ClNO4/c1-9(2)5-11(15)6-10-7-13-14(20-4-3-19-13)8-12(10)16(17)18/h7-9,11H,3-6H2,1-2H3. The summed E-state index contributed by atoms with van der Waals surface area (Å²) < 4.78 is 10.8. The van der Waals surface area contributed by atoms with Crippen molar-refractivity contribution in [3.63, 3.8) is 0 Å². The van der Waals surface area contributed by atoms with E-state index in [2.05, 4.69) is 13.8 Å². The molecule has 0 saturated carbocycles. The number of nitro benzene ring substituents is 1. The van der Waals surface area contributed by atoms with Gasteiger partial charge in [-0.1, -0.05) is 13.8 Å². The molecule has 6 heteroatoms. The second-order valence-corrected chi connectivity index (χ2v) is 5.93. The van der Waals surface area contributed by atoms with Crippen LogP contribution in [0.25, 0.3) is 0 Å². The molecule has 1 unspecified atom stereocenters. The third-order valence-corrected chi connectivity index (χ3v) is 3.44. The van der Waals surface area contributed by atoms with Gasteiger partial charge in [0.15, 0.2) is 11.5 Å². The van der Waals surface area contributed by atoms with Gasteiger partial charge in [-0.2, -0.15) is 0 Å². The van der Waals surface area contributed by atoms with Crippen LogP contribution in [0.15, 0.2) is 12.1 Å². The monoisotopic (exact) mass is 299 g/mol. The van der Waals surface area contributed by atoms with E-state index in [1.165, 1.54) is 6.07 Å². The van der Waals surface area contributed by atoms with Crippen molar-refractivity contribution in [2.75, 3.05) is 13.2 Å². The van der Waals surface area contributed by atoms with Crippen molar-refractivity contribution >= 4 is 17.3 Å². The molecule has 1 aromatic rings. The fraction of sp³-hybridized carbons (Fsp3) is 0.571. The van der Waals surface area contributed by atoms with E-state index in [0.717, 1.165) is 6.42 Å². The Hall–Kier alpha value is -1.49. The first-order valence-corrected chi connectivity index (χ1v) is 7.12. The van der Waals surface area contributed by atoms with E-state index in [1.807, 2.05) is 0 Å². The maximum Gasteiger partial charge on any atom is 0.276 e. The zero-order valence-corrected chi connectivity index (χ0v) is 12.4. The third kappa shape index (κ3) is 3.54. The molecule has 5 nitrogen and oxygen atoms in total. The second-order valence-electron chi connectivity index (χ2n) is 5.31. The lowest BCUT2D eigenvalue weighted by molar-refractivity contribution is -0.385. The van der Waals surface area contributed by atoms with Crippen LogP contribution in [-0.2, 0) is 6.42 Å². The van der Waals surface area contributed by atoms with Crippen molar-refractivity contribution in [3.8, 4) is 11.5 Å². The molecule has 110 valence electrons. The van der Waals surface area contributed by atoms with Crippen molar-refractivity contribution in [2.24, 2.45) is 5.92 Å². The summed E-state index contributed by atoms with van der Waals surface area (Å²) in [6, 6.07) is 3.12. The molecule has 1 atom stereocenters. The van der Waals surface area contributed by atoms with Crippen LogP contribution in [0, 0.1) is 16.0 Å². The van der Waals surface area contributed by atoms with Crippen LogP contribution in [0.2, 0.25) is 0 Å². The lowest BCUT2D eigenvalue weighted by atomic mass is 10.0. The average Bonchev–Trinajstić information content (AvgIpc) is 2.36. The van der Waals surface area contributed by atoms with Crippen molar-refractivity contribution in [2.45, 2.75) is 32.1 Å². The van der Waals surface area contributed by atoms with E-state index in [0.29, 0.717) is 42.6 Å². The number of benzene rings is 1. The van der Waals surface area contributed by atoms with Gasteiger partial charge in [0.1, 0.15) is 13.2 Å². The number of alkyl halides is 1. The molecule has 1 aliphatic heterocycles. The molecule has 0 fully saturated rings. The van der Waals surface area contributed by atoms with Crippen LogP contribution < -0.4 is 9.47 Å². The molecular weight excluding hydrogens is 282 g/mol. The third-order valence-electron chi connectivity index (χ3n) is 3.11. The lowest BCUT2D eigenvalue weighted by Gasteiger charge is -2.20. The molecule has 1 aliphatic rings. The van der Waals surface area contributed by atoms with Gasteiger partial charge in [-0.15, -0.1) is 11.6 Å². The van der Waals surface area contributed by atoms with Crippen molar-refractivity contribution in [1.82, 2.24) is 0 Å². The Morgan fingerprint density at radius 2 is 1.90 bits per heavy atom. The van der Waals surface area contributed by atoms with Gasteiger partial charge < -0.3 is 9.47 Å². The van der Waals surface area contributed by atoms with Gasteiger partial charge in [-0.25, -0.2) is 0 Å². The minimum Gasteiger partial charge on any atom is -0.486 e. The van der Waals surface area contributed by atoms with Gasteiger partial charge >= 0.3 is 0 Å². The Bertz CT molecular complexity index is 504. The minimum absolute atomic E-state index is 0.0451. The maximum absolute atomic E-state index is 11.2. The first kappa shape index (κ1) is 14.9. The van der Waals surface area contributed by atoms with Crippen LogP contribution in [0.1, 0.15) is 25.8 Å². The average molecular weight is 300 g/mol. The maximum atomic E-state index is 11.2. The molecule has 0 saturated heterocycles. The number of rotatable bonds is 5. The lowest BCUT2D eigenvalue weighted by Crippen LogP contribution is -2.16. The fourth-order valence-electron chi connectivity index (χ4n) is 2.29. The molecular formula is C14H18ClNO4. The highest BCUT2D eigenvalue weighted by molar-refractivity contribution is 6.20. The van der Waals surface area contributed by atoms with Crippen LogP contribution in [0.3, 0.4) is 0 Å². The van der Waals surface area contributed by atoms with Crippen molar-refractivity contribution in [3.05, 3.63) is 27.8 Å². The highest BCUT2D eigenvalue weighted by atomic mass is 35.5. The number of hydrogen-bond donors (Lipinski definition) is 0. The first-order chi connectivity index (χ1) is 9.47. The molecule has 0 aromatic heterocycles. The predicted molar refractivity (Wildman–Crippen MR) is 76.9 cm³/mol. The van der Waals surface area contributed by atoms with E-state index in [1.54, 1.807) is 6.07 Å². The molecule has 20 heavy (non-hydrogen) atoms. The number of fused-ring (bicyclic) bond motifs is 1. The Kier molecular flexibility index (Phi) is 4.70. The molecule has 0 radical (unpaired) electrons. The Labute approximate surface area is 123 Å². The topological polar surface area (TPSA) is 61.6 Å². The first-order valence-electron chi connectivity index (χ1n) is 6.68. The number of ether oxygens (including phenoxy) is 2. The van der Waals surface area contributed by atoms with E-state index < -0.39 is 4.92 Å². The largest absolute Gasteiger partial charge is 0.486 e. The molecule has 0 spiro atoms. The van der Waals surface area contributed by atoms with E-state index >= 15 is 0 Å². The number of hydrogen-bond acceptors (Lipinski definition) is 4. The zero-order valence-electron chi connectivity index (χ0n) is 11.6. The molecule has 0 N–H and O–H groups in total. The van der Waals surface area contributed by atoms with Gasteiger partial charge in [-0.3, -0.25) is 10.1 Å². The summed E-state index contributed by atoms with van der Waals surface area (Å²) >= 11 is 6.28. The molecule has 0 aliphatic carbocycles. The zero-order chi connectivity index (χ0) is 14.7. The van der Waals surface area contributed by atoms with Crippen molar-refractivity contribution < 1.29 is 14.4 Å². The van der Waals surface area contributed by atoms with Gasteiger partial charge in [0.2, 0.25) is 0 Å². The van der Waals surface area contributed by atoms with Gasteiger partial charge in [0.25, 0.3) is 5.69 Å². The van der Waals surface area contributed by atoms with E-state index in [4.69, 9.17) is 21.1 Å². The fourth-order valence-corrected chi connectivity index (χ4v) is 2.81. The Morgan fingerprint density at radius 3 is 2.45 bits per heavy atom. The van der Waals surface area contributed by atoms with Crippen LogP contribution in [0.5, 0.6) is 11.5 Å². The second kappa shape index (κ2) is 6.31. The summed E-state index contributed by atoms with van der Waals surface area (Å²) in [4.78, 5) is 10.8. The Morgan fingerprint density at radius 1 is 1.30 bits per heavy atom. The summed E-state index contributed by atoms with van der Waals surface area (Å²) in [6.07, 6.45) is 1.26. The summed E-state index contributed by atoms with van der Waals surface area (Å²) in [7, 11) is 0. The summed E-state index contributed by atoms with van der Waals surface area (Å²) in [5, 5.41) is 11.0. The van der Waals surface area contributed by atoms with Crippen molar-refractivity contribution in [1.29, 1.82) is 0 Å². The van der Waals surface area contributed by atoms with Gasteiger partial charge in [-0.05, 0) is 24.8 Å². The van der Waals surface area contributed by atoms with Gasteiger partial charge in [0.05, 0.1) is 11.0 Å². The summed E-state index contributed by atoms with van der Waals surface area (Å²) in [6.45, 7) is 5.02. The Balaban J connectivity index is 2.28. The number of halogens is 1. The van der Waals surface area contributed by atoms with E-state index in [9.17, 15) is 10.1 Å². The van der Waals surface area contributed by atoms with Crippen LogP contribution in [0.4, 0.5) is 5.69 Å². The summed E-state index contributed by atoms with van der Waals surface area (Å²) in [5.74, 6) is 1.45.